The summed E-state index contributed by atoms with van der Waals surface area (Å²) in [4.78, 5) is 4.29. The van der Waals surface area contributed by atoms with E-state index < -0.39 is 0 Å². The van der Waals surface area contributed by atoms with Gasteiger partial charge < -0.3 is 5.73 Å². The molecule has 5 heteroatoms. The maximum Gasteiger partial charge on any atom is 0.184 e. The van der Waals surface area contributed by atoms with Crippen LogP contribution in [0.4, 0.5) is 0 Å². The van der Waals surface area contributed by atoms with Crippen molar-refractivity contribution in [2.45, 2.75) is 6.92 Å². The Morgan fingerprint density at radius 1 is 1.32 bits per heavy atom. The molecule has 0 bridgehead atoms. The number of nitrogens with two attached hydrogens (primary N) is 1. The highest BCUT2D eigenvalue weighted by molar-refractivity contribution is 7.80. The van der Waals surface area contributed by atoms with Crippen LogP contribution in [-0.2, 0) is 0 Å². The summed E-state index contributed by atoms with van der Waals surface area (Å²) in [5.41, 5.74) is 11.9. The van der Waals surface area contributed by atoms with Crippen molar-refractivity contribution in [2.75, 3.05) is 0 Å². The van der Waals surface area contributed by atoms with E-state index in [-0.39, 0.29) is 5.11 Å². The molecule has 0 aliphatic rings. The first kappa shape index (κ1) is 13.2. The Labute approximate surface area is 117 Å². The smallest absolute Gasteiger partial charge is 0.184 e. The van der Waals surface area contributed by atoms with Crippen LogP contribution in [-0.4, -0.2) is 16.3 Å². The third-order valence-electron chi connectivity index (χ3n) is 2.69. The topological polar surface area (TPSA) is 63.3 Å². The molecule has 0 saturated carbocycles. The van der Waals surface area contributed by atoms with Crippen LogP contribution in [0.5, 0.6) is 0 Å². The summed E-state index contributed by atoms with van der Waals surface area (Å²) < 4.78 is 0. The van der Waals surface area contributed by atoms with Gasteiger partial charge in [-0.15, -0.1) is 0 Å². The van der Waals surface area contributed by atoms with Crippen molar-refractivity contribution < 1.29 is 0 Å². The highest BCUT2D eigenvalue weighted by Gasteiger charge is 2.05. The average Bonchev–Trinajstić information content (AvgIpc) is 2.41. The SMILES string of the molecule is Cc1c(-c2ccccc2)ccnc1C=NNC(N)=S. The number of hydrogen-bond acceptors (Lipinski definition) is 3. The van der Waals surface area contributed by atoms with E-state index in [0.29, 0.717) is 0 Å². The van der Waals surface area contributed by atoms with Gasteiger partial charge in [0.25, 0.3) is 0 Å². The molecule has 2 aromatic rings. The molecule has 0 aliphatic carbocycles. The highest BCUT2D eigenvalue weighted by Crippen LogP contribution is 2.23. The molecule has 1 aromatic heterocycles. The fourth-order valence-electron chi connectivity index (χ4n) is 1.77. The van der Waals surface area contributed by atoms with Crippen LogP contribution in [0.2, 0.25) is 0 Å². The van der Waals surface area contributed by atoms with Crippen molar-refractivity contribution in [3.05, 3.63) is 53.9 Å². The van der Waals surface area contributed by atoms with Gasteiger partial charge in [0.15, 0.2) is 5.11 Å². The molecule has 0 atom stereocenters. The number of hydrogen-bond donors (Lipinski definition) is 2. The summed E-state index contributed by atoms with van der Waals surface area (Å²) in [6.45, 7) is 2.01. The normalized spacial score (nSPS) is 10.6. The minimum absolute atomic E-state index is 0.133. The van der Waals surface area contributed by atoms with Gasteiger partial charge >= 0.3 is 0 Å². The van der Waals surface area contributed by atoms with Crippen LogP contribution in [0.25, 0.3) is 11.1 Å². The molecule has 0 spiro atoms. The van der Waals surface area contributed by atoms with Gasteiger partial charge in [-0.1, -0.05) is 30.3 Å². The summed E-state index contributed by atoms with van der Waals surface area (Å²) in [6, 6.07) is 12.1. The molecule has 0 aliphatic heterocycles. The number of nitrogens with zero attached hydrogens (tertiary/aromatic N) is 2. The number of thiocarbonyl (C=S) groups is 1. The van der Waals surface area contributed by atoms with Crippen molar-refractivity contribution in [3.63, 3.8) is 0 Å². The first-order valence-corrected chi connectivity index (χ1v) is 6.19. The quantitative estimate of drug-likeness (QED) is 0.510. The number of pyridine rings is 1. The van der Waals surface area contributed by atoms with Crippen molar-refractivity contribution in [3.8, 4) is 11.1 Å². The first-order valence-electron chi connectivity index (χ1n) is 5.78. The zero-order valence-electron chi connectivity index (χ0n) is 10.5. The minimum atomic E-state index is 0.133. The molecule has 1 heterocycles. The average molecular weight is 270 g/mol. The third kappa shape index (κ3) is 3.35. The van der Waals surface area contributed by atoms with E-state index >= 15 is 0 Å². The Bertz CT molecular complexity index is 608. The van der Waals surface area contributed by atoms with Gasteiger partial charge in [-0.2, -0.15) is 5.10 Å². The molecule has 0 radical (unpaired) electrons. The zero-order chi connectivity index (χ0) is 13.7. The third-order valence-corrected chi connectivity index (χ3v) is 2.78. The van der Waals surface area contributed by atoms with Crippen LogP contribution in [0.15, 0.2) is 47.7 Å². The van der Waals surface area contributed by atoms with Crippen molar-refractivity contribution in [1.29, 1.82) is 0 Å². The van der Waals surface area contributed by atoms with E-state index in [4.69, 9.17) is 5.73 Å². The van der Waals surface area contributed by atoms with E-state index in [1.807, 2.05) is 31.2 Å². The Balaban J connectivity index is 2.33. The molecule has 0 fully saturated rings. The summed E-state index contributed by atoms with van der Waals surface area (Å²) in [6.07, 6.45) is 3.37. The molecule has 2 rings (SSSR count). The van der Waals surface area contributed by atoms with E-state index in [2.05, 4.69) is 39.9 Å². The fraction of sp³-hybridized carbons (Fsp3) is 0.0714. The molecule has 4 nitrogen and oxygen atoms in total. The number of nitrogens with one attached hydrogen (secondary N) is 1. The van der Waals surface area contributed by atoms with Crippen LogP contribution < -0.4 is 11.2 Å². The molecule has 1 aromatic carbocycles. The van der Waals surface area contributed by atoms with Crippen LogP contribution in [0.1, 0.15) is 11.3 Å². The molecule has 0 saturated heterocycles. The molecular formula is C14H14N4S. The van der Waals surface area contributed by atoms with Crippen molar-refractivity contribution in [2.24, 2.45) is 10.8 Å². The van der Waals surface area contributed by atoms with Crippen LogP contribution in [0, 0.1) is 6.92 Å². The lowest BCUT2D eigenvalue weighted by Gasteiger charge is -2.07. The predicted octanol–water partition coefficient (Wildman–Crippen LogP) is 2.22. The Kier molecular flexibility index (Phi) is 4.20. The molecule has 3 N–H and O–H groups in total. The van der Waals surface area contributed by atoms with Crippen LogP contribution in [0.3, 0.4) is 0 Å². The van der Waals surface area contributed by atoms with Crippen molar-refractivity contribution in [1.82, 2.24) is 10.4 Å². The maximum atomic E-state index is 5.30. The minimum Gasteiger partial charge on any atom is -0.375 e. The predicted molar refractivity (Wildman–Crippen MR) is 81.9 cm³/mol. The van der Waals surface area contributed by atoms with Gasteiger partial charge in [-0.25, -0.2) is 0 Å². The second-order valence-corrected chi connectivity index (χ2v) is 4.41. The molecule has 96 valence electrons. The van der Waals surface area contributed by atoms with Gasteiger partial charge in [0.2, 0.25) is 0 Å². The Morgan fingerprint density at radius 3 is 2.74 bits per heavy atom. The van der Waals surface area contributed by atoms with Gasteiger partial charge in [0, 0.05) is 6.20 Å². The lowest BCUT2D eigenvalue weighted by atomic mass is 10.0. The van der Waals surface area contributed by atoms with E-state index in [1.165, 1.54) is 0 Å². The van der Waals surface area contributed by atoms with Crippen molar-refractivity contribution >= 4 is 23.5 Å². The molecule has 0 amide bonds. The summed E-state index contributed by atoms with van der Waals surface area (Å²) >= 11 is 4.68. The molecular weight excluding hydrogens is 256 g/mol. The molecule has 19 heavy (non-hydrogen) atoms. The standard InChI is InChI=1S/C14H14N4S/c1-10-12(11-5-3-2-4-6-11)7-8-16-13(10)9-17-18-14(15)19/h2-9H,1H3,(H3,15,18,19). The Morgan fingerprint density at radius 2 is 2.05 bits per heavy atom. The largest absolute Gasteiger partial charge is 0.375 e. The maximum absolute atomic E-state index is 5.30. The lowest BCUT2D eigenvalue weighted by molar-refractivity contribution is 1.04. The monoisotopic (exact) mass is 270 g/mol. The first-order chi connectivity index (χ1) is 9.18. The van der Waals surface area contributed by atoms with Gasteiger partial charge in [-0.3, -0.25) is 10.4 Å². The second kappa shape index (κ2) is 6.06. The number of hydrazone groups is 1. The number of aromatic nitrogens is 1. The highest BCUT2D eigenvalue weighted by atomic mass is 32.1. The zero-order valence-corrected chi connectivity index (χ0v) is 11.3. The van der Waals surface area contributed by atoms with Gasteiger partial charge in [0.05, 0.1) is 11.9 Å². The van der Waals surface area contributed by atoms with Gasteiger partial charge in [0.1, 0.15) is 0 Å². The Hall–Kier alpha value is -2.27. The number of benzene rings is 1. The van der Waals surface area contributed by atoms with E-state index in [0.717, 1.165) is 22.4 Å². The summed E-state index contributed by atoms with van der Waals surface area (Å²) in [5, 5.41) is 4.07. The van der Waals surface area contributed by atoms with E-state index in [1.54, 1.807) is 12.4 Å². The summed E-state index contributed by atoms with van der Waals surface area (Å²) in [5.74, 6) is 0. The lowest BCUT2D eigenvalue weighted by Crippen LogP contribution is -2.24. The van der Waals surface area contributed by atoms with E-state index in [9.17, 15) is 0 Å². The molecule has 0 unspecified atom stereocenters. The summed E-state index contributed by atoms with van der Waals surface area (Å²) in [7, 11) is 0. The van der Waals surface area contributed by atoms with Gasteiger partial charge in [-0.05, 0) is 41.9 Å². The second-order valence-electron chi connectivity index (χ2n) is 3.97. The van der Waals surface area contributed by atoms with Crippen LogP contribution >= 0.6 is 12.2 Å². The number of rotatable bonds is 3. The fourth-order valence-corrected chi connectivity index (χ4v) is 1.82.